The summed E-state index contributed by atoms with van der Waals surface area (Å²) in [6, 6.07) is 3.29. The Morgan fingerprint density at radius 1 is 0.971 bits per heavy atom. The number of pyridine rings is 1. The van der Waals surface area contributed by atoms with Gasteiger partial charge in [0, 0.05) is 12.4 Å². The van der Waals surface area contributed by atoms with Crippen molar-refractivity contribution in [3.63, 3.8) is 0 Å². The molecule has 0 radical (unpaired) electrons. The molecule has 4 atom stereocenters. The number of nitrogens with zero attached hydrogens (tertiary/aromatic N) is 1. The number of aliphatic hydroxyl groups is 1. The Bertz CT molecular complexity index is 827. The summed E-state index contributed by atoms with van der Waals surface area (Å²) in [6.45, 7) is 9.71. The molecule has 1 fully saturated rings. The Kier molecular flexibility index (Phi) is 11.6. The van der Waals surface area contributed by atoms with Crippen molar-refractivity contribution in [2.24, 2.45) is 23.5 Å². The molecule has 1 saturated heterocycles. The van der Waals surface area contributed by atoms with Crippen LogP contribution < -0.4 is 5.73 Å². The average Bonchev–Trinajstić information content (AvgIpc) is 3.06. The number of esters is 3. The maximum absolute atomic E-state index is 12.0. The van der Waals surface area contributed by atoms with Crippen LogP contribution in [-0.4, -0.2) is 65.1 Å². The van der Waals surface area contributed by atoms with Crippen LogP contribution in [0, 0.1) is 17.8 Å². The minimum absolute atomic E-state index is 0.222. The molecule has 3 N–H and O–H groups in total. The molecule has 1 aliphatic rings. The average molecular weight is 483 g/mol. The third-order valence-electron chi connectivity index (χ3n) is 4.54. The highest BCUT2D eigenvalue weighted by molar-refractivity contribution is 5.92. The van der Waals surface area contributed by atoms with Crippen LogP contribution in [0.5, 0.6) is 0 Å². The predicted molar refractivity (Wildman–Crippen MR) is 119 cm³/mol. The molecule has 0 bridgehead atoms. The van der Waals surface area contributed by atoms with Gasteiger partial charge in [0.2, 0.25) is 5.91 Å². The van der Waals surface area contributed by atoms with Crippen molar-refractivity contribution in [1.82, 2.24) is 4.98 Å². The van der Waals surface area contributed by atoms with Gasteiger partial charge in [0.05, 0.1) is 23.3 Å². The minimum Gasteiger partial charge on any atom is -0.463 e. The molecule has 1 amide bonds. The van der Waals surface area contributed by atoms with Crippen LogP contribution in [0.25, 0.3) is 0 Å². The van der Waals surface area contributed by atoms with E-state index in [9.17, 15) is 24.3 Å². The van der Waals surface area contributed by atoms with Crippen LogP contribution in [0.15, 0.2) is 24.5 Å². The van der Waals surface area contributed by atoms with Crippen LogP contribution >= 0.6 is 0 Å². The predicted octanol–water partition coefficient (Wildman–Crippen LogP) is 1.22. The number of hydrogen-bond donors (Lipinski definition) is 2. The van der Waals surface area contributed by atoms with Crippen LogP contribution in [0.4, 0.5) is 0 Å². The molecule has 0 aromatic carbocycles. The first kappa shape index (κ1) is 29.0. The highest BCUT2D eigenvalue weighted by atomic mass is 16.7. The molecular weight excluding hydrogens is 448 g/mol. The van der Waals surface area contributed by atoms with Gasteiger partial charge in [-0.05, 0) is 12.1 Å². The first-order valence-corrected chi connectivity index (χ1v) is 11.0. The van der Waals surface area contributed by atoms with E-state index in [1.807, 2.05) is 0 Å². The minimum atomic E-state index is -1.48. The first-order valence-electron chi connectivity index (χ1n) is 11.0. The topological polar surface area (TPSA) is 164 Å². The second kappa shape index (κ2) is 13.6. The second-order valence-electron chi connectivity index (χ2n) is 8.57. The summed E-state index contributed by atoms with van der Waals surface area (Å²) < 4.78 is 21.0. The highest BCUT2D eigenvalue weighted by Crippen LogP contribution is 2.27. The Hall–Kier alpha value is -3.05. The summed E-state index contributed by atoms with van der Waals surface area (Å²) in [5.74, 6) is -3.16. The van der Waals surface area contributed by atoms with Gasteiger partial charge < -0.3 is 29.8 Å². The van der Waals surface area contributed by atoms with E-state index in [-0.39, 0.29) is 12.5 Å². The lowest BCUT2D eigenvalue weighted by Gasteiger charge is -2.24. The molecule has 1 unspecified atom stereocenters. The lowest BCUT2D eigenvalue weighted by Crippen LogP contribution is -2.43. The summed E-state index contributed by atoms with van der Waals surface area (Å²) in [5, 5.41) is 10.1. The summed E-state index contributed by atoms with van der Waals surface area (Å²) in [5.41, 5.74) is 5.38. The summed E-state index contributed by atoms with van der Waals surface area (Å²) in [6.07, 6.45) is -1.62. The van der Waals surface area contributed by atoms with Gasteiger partial charge >= 0.3 is 17.9 Å². The molecule has 1 aliphatic heterocycles. The van der Waals surface area contributed by atoms with E-state index in [0.29, 0.717) is 5.56 Å². The first-order chi connectivity index (χ1) is 15.8. The number of aliphatic hydroxyl groups excluding tert-OH is 1. The van der Waals surface area contributed by atoms with E-state index < -0.39 is 60.3 Å². The molecule has 190 valence electrons. The van der Waals surface area contributed by atoms with E-state index in [0.717, 1.165) is 0 Å². The Balaban J connectivity index is 0.000000533. The van der Waals surface area contributed by atoms with Crippen molar-refractivity contribution in [3.8, 4) is 0 Å². The van der Waals surface area contributed by atoms with Crippen molar-refractivity contribution < 1.29 is 43.2 Å². The number of carbonyl (C=O) groups is 4. The molecule has 0 saturated carbocycles. The summed E-state index contributed by atoms with van der Waals surface area (Å²) in [7, 11) is 0. The Morgan fingerprint density at radius 2 is 1.50 bits per heavy atom. The molecule has 1 aromatic rings. The zero-order valence-corrected chi connectivity index (χ0v) is 20.3. The molecule has 34 heavy (non-hydrogen) atoms. The van der Waals surface area contributed by atoms with Gasteiger partial charge in [-0.3, -0.25) is 24.2 Å². The fourth-order valence-electron chi connectivity index (χ4n) is 2.49. The van der Waals surface area contributed by atoms with Gasteiger partial charge in [-0.25, -0.2) is 0 Å². The molecule has 0 spiro atoms. The molecule has 2 heterocycles. The van der Waals surface area contributed by atoms with Gasteiger partial charge in [-0.2, -0.15) is 0 Å². The molecule has 2 rings (SSSR count). The fourth-order valence-corrected chi connectivity index (χ4v) is 2.49. The van der Waals surface area contributed by atoms with E-state index in [4.69, 9.17) is 24.7 Å². The summed E-state index contributed by atoms with van der Waals surface area (Å²) >= 11 is 0. The number of rotatable bonds is 8. The normalized spacial score (nSPS) is 21.6. The van der Waals surface area contributed by atoms with Crippen molar-refractivity contribution >= 4 is 23.8 Å². The van der Waals surface area contributed by atoms with Gasteiger partial charge in [0.15, 0.2) is 18.5 Å². The van der Waals surface area contributed by atoms with Crippen LogP contribution in [0.1, 0.15) is 51.9 Å². The Labute approximate surface area is 198 Å². The van der Waals surface area contributed by atoms with Crippen molar-refractivity contribution in [2.45, 2.75) is 66.1 Å². The van der Waals surface area contributed by atoms with Gasteiger partial charge in [0.1, 0.15) is 12.7 Å². The van der Waals surface area contributed by atoms with E-state index >= 15 is 0 Å². The highest BCUT2D eigenvalue weighted by Gasteiger charge is 2.50. The molecule has 11 nitrogen and oxygen atoms in total. The molecule has 1 aromatic heterocycles. The van der Waals surface area contributed by atoms with Crippen molar-refractivity contribution in [1.29, 1.82) is 0 Å². The van der Waals surface area contributed by atoms with Crippen molar-refractivity contribution in [2.75, 3.05) is 6.61 Å². The number of carbonyl (C=O) groups excluding carboxylic acids is 4. The monoisotopic (exact) mass is 482 g/mol. The summed E-state index contributed by atoms with van der Waals surface area (Å²) in [4.78, 5) is 49.5. The lowest BCUT2D eigenvalue weighted by atomic mass is 10.1. The van der Waals surface area contributed by atoms with Gasteiger partial charge in [-0.1, -0.05) is 41.5 Å². The second-order valence-corrected chi connectivity index (χ2v) is 8.57. The number of aromatic nitrogens is 1. The van der Waals surface area contributed by atoms with Crippen LogP contribution in [-0.2, 0) is 33.3 Å². The number of hydrogen-bond acceptors (Lipinski definition) is 10. The number of amides is 1. The van der Waals surface area contributed by atoms with Crippen LogP contribution in [0.2, 0.25) is 0 Å². The molecule has 11 heteroatoms. The third-order valence-corrected chi connectivity index (χ3v) is 4.54. The van der Waals surface area contributed by atoms with E-state index in [1.54, 1.807) is 59.9 Å². The van der Waals surface area contributed by atoms with Gasteiger partial charge in [0.25, 0.3) is 0 Å². The third kappa shape index (κ3) is 9.06. The van der Waals surface area contributed by atoms with Gasteiger partial charge in [-0.15, -0.1) is 0 Å². The zero-order valence-electron chi connectivity index (χ0n) is 20.3. The maximum Gasteiger partial charge on any atom is 0.308 e. The number of nitrogens with two attached hydrogens (primary N) is 1. The number of primary amides is 1. The SMILES string of the molecule is CC(C)C(=O)OC[C@H]1OC(O)[C@H](OC(=O)C(C)C)[C@@H]1OC(=O)C(C)C.NC(=O)c1cccnc1. The van der Waals surface area contributed by atoms with E-state index in [1.165, 1.54) is 6.20 Å². The standard InChI is InChI=1S/C17H28O8.C6H6N2O/c1-8(2)14(18)22-7-11-12(24-15(19)9(3)4)13(17(21)23-11)25-16(20)10(5)6;7-6(9)5-2-1-3-8-4-5/h8-13,17,21H,7H2,1-6H3;1-4H,(H2,7,9)/t11-,12-,13-,17?;/m1./s1. The lowest BCUT2D eigenvalue weighted by molar-refractivity contribution is -0.180. The smallest absolute Gasteiger partial charge is 0.308 e. The zero-order chi connectivity index (χ0) is 26.0. The Morgan fingerprint density at radius 3 is 1.91 bits per heavy atom. The largest absolute Gasteiger partial charge is 0.463 e. The van der Waals surface area contributed by atoms with Crippen LogP contribution in [0.3, 0.4) is 0 Å². The number of ether oxygens (including phenoxy) is 4. The molecule has 0 aliphatic carbocycles. The molecular formula is C23H34N2O9. The fraction of sp³-hybridized carbons (Fsp3) is 0.609. The maximum atomic E-state index is 12.0. The van der Waals surface area contributed by atoms with E-state index in [2.05, 4.69) is 4.98 Å². The quantitative estimate of drug-likeness (QED) is 0.406. The van der Waals surface area contributed by atoms with Crippen molar-refractivity contribution in [3.05, 3.63) is 30.1 Å².